The van der Waals surface area contributed by atoms with Crippen molar-refractivity contribution < 1.29 is 4.79 Å². The Balaban J connectivity index is 2.09. The first-order chi connectivity index (χ1) is 8.56. The van der Waals surface area contributed by atoms with Crippen LogP contribution in [-0.2, 0) is 0 Å². The van der Waals surface area contributed by atoms with E-state index < -0.39 is 0 Å². The van der Waals surface area contributed by atoms with Crippen LogP contribution in [0.4, 0.5) is 0 Å². The number of ketones is 1. The minimum atomic E-state index is -0.161. The van der Waals surface area contributed by atoms with Gasteiger partial charge in [-0.25, -0.2) is 4.68 Å². The standard InChI is InChI=1S/C12H12ClN3OS/c1-8(2)16-7-10(14-15-16)11(17)5-3-9-4-6-12(13)18-9/h3-8H,1-2H3/b5-3+. The number of halogens is 1. The van der Waals surface area contributed by atoms with Crippen LogP contribution in [0.2, 0.25) is 4.34 Å². The Morgan fingerprint density at radius 3 is 2.83 bits per heavy atom. The van der Waals surface area contributed by atoms with E-state index in [1.807, 2.05) is 19.9 Å². The van der Waals surface area contributed by atoms with Crippen molar-refractivity contribution in [3.8, 4) is 0 Å². The van der Waals surface area contributed by atoms with Crippen LogP contribution in [0.1, 0.15) is 35.3 Å². The van der Waals surface area contributed by atoms with Gasteiger partial charge in [-0.3, -0.25) is 4.79 Å². The highest BCUT2D eigenvalue weighted by atomic mass is 35.5. The molecule has 0 atom stereocenters. The van der Waals surface area contributed by atoms with Crippen molar-refractivity contribution in [2.45, 2.75) is 19.9 Å². The average molecular weight is 282 g/mol. The van der Waals surface area contributed by atoms with E-state index in [0.717, 1.165) is 4.88 Å². The molecule has 0 bridgehead atoms. The number of aromatic nitrogens is 3. The smallest absolute Gasteiger partial charge is 0.207 e. The molecule has 0 saturated carbocycles. The van der Waals surface area contributed by atoms with Gasteiger partial charge in [-0.2, -0.15) is 0 Å². The number of thiophene rings is 1. The van der Waals surface area contributed by atoms with Crippen molar-refractivity contribution in [2.24, 2.45) is 0 Å². The van der Waals surface area contributed by atoms with Gasteiger partial charge in [-0.1, -0.05) is 16.8 Å². The highest BCUT2D eigenvalue weighted by Crippen LogP contribution is 2.22. The van der Waals surface area contributed by atoms with Gasteiger partial charge in [-0.15, -0.1) is 16.4 Å². The van der Waals surface area contributed by atoms with E-state index in [2.05, 4.69) is 10.3 Å². The van der Waals surface area contributed by atoms with Crippen LogP contribution >= 0.6 is 22.9 Å². The third kappa shape index (κ3) is 3.05. The largest absolute Gasteiger partial charge is 0.287 e. The fraction of sp³-hybridized carbons (Fsp3) is 0.250. The predicted octanol–water partition coefficient (Wildman–Crippen LogP) is 3.47. The molecular weight excluding hydrogens is 270 g/mol. The highest BCUT2D eigenvalue weighted by Gasteiger charge is 2.09. The van der Waals surface area contributed by atoms with Crippen LogP contribution in [-0.4, -0.2) is 20.8 Å². The highest BCUT2D eigenvalue weighted by molar-refractivity contribution is 7.17. The zero-order valence-corrected chi connectivity index (χ0v) is 11.6. The summed E-state index contributed by atoms with van der Waals surface area (Å²) in [6.45, 7) is 3.96. The second-order valence-corrected chi connectivity index (χ2v) is 5.76. The molecule has 2 heterocycles. The van der Waals surface area contributed by atoms with Crippen LogP contribution < -0.4 is 0 Å². The molecule has 2 rings (SSSR count). The molecule has 18 heavy (non-hydrogen) atoms. The Morgan fingerprint density at radius 1 is 1.50 bits per heavy atom. The molecule has 0 aromatic carbocycles. The van der Waals surface area contributed by atoms with Gasteiger partial charge in [-0.05, 0) is 38.1 Å². The van der Waals surface area contributed by atoms with Gasteiger partial charge in [0.25, 0.3) is 0 Å². The summed E-state index contributed by atoms with van der Waals surface area (Å²) in [4.78, 5) is 12.8. The lowest BCUT2D eigenvalue weighted by molar-refractivity contribution is 0.104. The zero-order chi connectivity index (χ0) is 13.1. The van der Waals surface area contributed by atoms with Crippen molar-refractivity contribution in [1.29, 1.82) is 0 Å². The van der Waals surface area contributed by atoms with E-state index in [9.17, 15) is 4.79 Å². The monoisotopic (exact) mass is 281 g/mol. The van der Waals surface area contributed by atoms with E-state index >= 15 is 0 Å². The molecule has 0 aliphatic rings. The maximum absolute atomic E-state index is 11.8. The maximum atomic E-state index is 11.8. The Labute approximate surface area is 114 Å². The molecule has 6 heteroatoms. The summed E-state index contributed by atoms with van der Waals surface area (Å²) in [6.07, 6.45) is 4.86. The van der Waals surface area contributed by atoms with E-state index in [1.165, 1.54) is 17.4 Å². The SMILES string of the molecule is CC(C)n1cc(C(=O)/C=C/c2ccc(Cl)s2)nn1. The van der Waals surface area contributed by atoms with E-state index in [4.69, 9.17) is 11.6 Å². The fourth-order valence-corrected chi connectivity index (χ4v) is 2.27. The summed E-state index contributed by atoms with van der Waals surface area (Å²) < 4.78 is 2.36. The molecule has 0 radical (unpaired) electrons. The Morgan fingerprint density at radius 2 is 2.28 bits per heavy atom. The van der Waals surface area contributed by atoms with Crippen LogP contribution in [0.3, 0.4) is 0 Å². The maximum Gasteiger partial charge on any atom is 0.207 e. The fourth-order valence-electron chi connectivity index (χ4n) is 1.30. The van der Waals surface area contributed by atoms with Gasteiger partial charge in [0, 0.05) is 10.9 Å². The quantitative estimate of drug-likeness (QED) is 0.637. The van der Waals surface area contributed by atoms with Crippen molar-refractivity contribution in [1.82, 2.24) is 15.0 Å². The molecule has 4 nitrogen and oxygen atoms in total. The predicted molar refractivity (Wildman–Crippen MR) is 73.1 cm³/mol. The Kier molecular flexibility index (Phi) is 3.93. The van der Waals surface area contributed by atoms with E-state index in [0.29, 0.717) is 10.0 Å². The minimum Gasteiger partial charge on any atom is -0.287 e. The Hall–Kier alpha value is -1.46. The van der Waals surface area contributed by atoms with Crippen molar-refractivity contribution >= 4 is 34.8 Å². The van der Waals surface area contributed by atoms with E-state index in [-0.39, 0.29) is 11.8 Å². The number of hydrogen-bond acceptors (Lipinski definition) is 4. The molecule has 0 unspecified atom stereocenters. The summed E-state index contributed by atoms with van der Waals surface area (Å²) in [5.41, 5.74) is 0.350. The van der Waals surface area contributed by atoms with E-state index in [1.54, 1.807) is 23.0 Å². The molecule has 0 spiro atoms. The molecule has 0 aliphatic carbocycles. The second-order valence-electron chi connectivity index (χ2n) is 4.02. The first-order valence-electron chi connectivity index (χ1n) is 5.46. The number of allylic oxidation sites excluding steroid dienone is 1. The molecule has 0 fully saturated rings. The molecule has 2 aromatic heterocycles. The normalized spacial score (nSPS) is 11.6. The number of carbonyl (C=O) groups excluding carboxylic acids is 1. The van der Waals surface area contributed by atoms with Crippen LogP contribution in [0.15, 0.2) is 24.4 Å². The lowest BCUT2D eigenvalue weighted by atomic mass is 10.2. The molecule has 0 saturated heterocycles. The number of nitrogens with zero attached hydrogens (tertiary/aromatic N) is 3. The van der Waals surface area contributed by atoms with Crippen molar-refractivity contribution in [3.63, 3.8) is 0 Å². The first kappa shape index (κ1) is 13.0. The number of carbonyl (C=O) groups is 1. The molecule has 2 aromatic rings. The van der Waals surface area contributed by atoms with Crippen molar-refractivity contribution in [3.05, 3.63) is 39.3 Å². The van der Waals surface area contributed by atoms with Crippen LogP contribution in [0.25, 0.3) is 6.08 Å². The van der Waals surface area contributed by atoms with Gasteiger partial charge in [0.2, 0.25) is 5.78 Å². The van der Waals surface area contributed by atoms with Crippen LogP contribution in [0, 0.1) is 0 Å². The average Bonchev–Trinajstić information content (AvgIpc) is 2.94. The second kappa shape index (κ2) is 5.46. The van der Waals surface area contributed by atoms with Gasteiger partial charge in [0.05, 0.1) is 10.5 Å². The minimum absolute atomic E-state index is 0.161. The topological polar surface area (TPSA) is 47.8 Å². The third-order valence-electron chi connectivity index (χ3n) is 2.28. The molecule has 94 valence electrons. The summed E-state index contributed by atoms with van der Waals surface area (Å²) >= 11 is 7.23. The van der Waals surface area contributed by atoms with Gasteiger partial charge in [0.15, 0.2) is 5.69 Å². The summed E-state index contributed by atoms with van der Waals surface area (Å²) in [5, 5.41) is 7.73. The summed E-state index contributed by atoms with van der Waals surface area (Å²) in [5.74, 6) is -0.161. The third-order valence-corrected chi connectivity index (χ3v) is 3.48. The lowest BCUT2D eigenvalue weighted by Gasteiger charge is -2.00. The summed E-state index contributed by atoms with van der Waals surface area (Å²) in [7, 11) is 0. The number of rotatable bonds is 4. The summed E-state index contributed by atoms with van der Waals surface area (Å²) in [6, 6.07) is 3.85. The molecular formula is C12H12ClN3OS. The van der Waals surface area contributed by atoms with Gasteiger partial charge in [0.1, 0.15) is 0 Å². The van der Waals surface area contributed by atoms with Crippen molar-refractivity contribution in [2.75, 3.05) is 0 Å². The van der Waals surface area contributed by atoms with Gasteiger partial charge >= 0.3 is 0 Å². The molecule has 0 aliphatic heterocycles. The number of hydrogen-bond donors (Lipinski definition) is 0. The molecule has 0 N–H and O–H groups in total. The molecule has 0 amide bonds. The Bertz CT molecular complexity index is 586. The van der Waals surface area contributed by atoms with Crippen LogP contribution in [0.5, 0.6) is 0 Å². The lowest BCUT2D eigenvalue weighted by Crippen LogP contribution is -2.00. The zero-order valence-electron chi connectivity index (χ0n) is 10.0. The first-order valence-corrected chi connectivity index (χ1v) is 6.65. The van der Waals surface area contributed by atoms with Gasteiger partial charge < -0.3 is 0 Å².